The number of halogens is 1. The first-order valence-electron chi connectivity index (χ1n) is 4.56. The van der Waals surface area contributed by atoms with Gasteiger partial charge >= 0.3 is 0 Å². The van der Waals surface area contributed by atoms with E-state index >= 15 is 0 Å². The second-order valence-electron chi connectivity index (χ2n) is 2.75. The van der Waals surface area contributed by atoms with E-state index in [4.69, 9.17) is 10.9 Å². The zero-order valence-electron chi connectivity index (χ0n) is 8.89. The number of nitrogens with zero attached hydrogens (tertiary/aromatic N) is 1. The normalized spacial score (nSPS) is 12.2. The molecule has 0 fully saturated rings. The van der Waals surface area contributed by atoms with Gasteiger partial charge in [-0.3, -0.25) is 5.41 Å². The maximum absolute atomic E-state index is 7.49. The Kier molecular flexibility index (Phi) is 7.88. The predicted molar refractivity (Wildman–Crippen MR) is 70.4 cm³/mol. The van der Waals surface area contributed by atoms with Gasteiger partial charge < -0.3 is 10.6 Å². The maximum atomic E-state index is 7.49. The number of allylic oxidation sites excluding steroid dienone is 1. The highest BCUT2D eigenvalue weighted by molar-refractivity contribution is 14.1. The van der Waals surface area contributed by atoms with E-state index < -0.39 is 0 Å². The van der Waals surface area contributed by atoms with Crippen molar-refractivity contribution in [3.63, 3.8) is 0 Å². The molecule has 0 heterocycles. The SMILES string of the molecule is CC/C(=C/NC/C(=C/NC)C(=N)I)N=N. The molecule has 0 saturated carbocycles. The van der Waals surface area contributed by atoms with Crippen LogP contribution in [-0.4, -0.2) is 17.3 Å². The molecule has 0 aliphatic carbocycles. The maximum Gasteiger partial charge on any atom is 0.0984 e. The van der Waals surface area contributed by atoms with Crippen LogP contribution in [0.4, 0.5) is 0 Å². The van der Waals surface area contributed by atoms with Gasteiger partial charge in [-0.25, -0.2) is 5.53 Å². The molecular formula is C9H16IN5. The number of hydrogen-bond donors (Lipinski definition) is 4. The minimum Gasteiger partial charge on any atom is -0.394 e. The Morgan fingerprint density at radius 2 is 2.13 bits per heavy atom. The minimum atomic E-state index is 0.490. The van der Waals surface area contributed by atoms with E-state index in [9.17, 15) is 0 Å². The lowest BCUT2D eigenvalue weighted by Crippen LogP contribution is -2.15. The molecule has 0 aliphatic heterocycles. The summed E-state index contributed by atoms with van der Waals surface area (Å²) in [4.78, 5) is 0. The summed E-state index contributed by atoms with van der Waals surface area (Å²) in [5.74, 6) is 0. The Morgan fingerprint density at radius 1 is 1.47 bits per heavy atom. The van der Waals surface area contributed by atoms with Crippen LogP contribution < -0.4 is 10.6 Å². The molecule has 5 nitrogen and oxygen atoms in total. The molecule has 0 unspecified atom stereocenters. The molecular weight excluding hydrogens is 305 g/mol. The molecule has 0 radical (unpaired) electrons. The van der Waals surface area contributed by atoms with Crippen molar-refractivity contribution in [2.45, 2.75) is 13.3 Å². The van der Waals surface area contributed by atoms with Gasteiger partial charge in [-0.1, -0.05) is 6.92 Å². The third-order valence-electron chi connectivity index (χ3n) is 1.67. The number of nitrogens with one attached hydrogen (secondary N) is 4. The van der Waals surface area contributed by atoms with E-state index in [2.05, 4.69) is 15.7 Å². The predicted octanol–water partition coefficient (Wildman–Crippen LogP) is 2.37. The topological polar surface area (TPSA) is 84.1 Å². The van der Waals surface area contributed by atoms with Gasteiger partial charge in [-0.2, -0.15) is 5.11 Å². The third-order valence-corrected chi connectivity index (χ3v) is 2.36. The van der Waals surface area contributed by atoms with Crippen LogP contribution in [0.15, 0.2) is 28.8 Å². The van der Waals surface area contributed by atoms with Crippen LogP contribution >= 0.6 is 22.6 Å². The Morgan fingerprint density at radius 3 is 2.53 bits per heavy atom. The van der Waals surface area contributed by atoms with Gasteiger partial charge in [-0.15, -0.1) is 0 Å². The van der Waals surface area contributed by atoms with Crippen LogP contribution in [0.25, 0.3) is 0 Å². The molecule has 6 heteroatoms. The van der Waals surface area contributed by atoms with E-state index in [1.165, 1.54) is 0 Å². The first kappa shape index (κ1) is 14.1. The molecule has 0 aromatic carbocycles. The smallest absolute Gasteiger partial charge is 0.0984 e. The zero-order valence-corrected chi connectivity index (χ0v) is 11.1. The first-order chi connectivity index (χ1) is 7.15. The number of rotatable bonds is 7. The summed E-state index contributed by atoms with van der Waals surface area (Å²) in [6.45, 7) is 2.50. The molecule has 0 aromatic heterocycles. The summed E-state index contributed by atoms with van der Waals surface area (Å²) in [6.07, 6.45) is 4.21. The quantitative estimate of drug-likeness (QED) is 0.330. The molecule has 0 aliphatic rings. The molecule has 4 N–H and O–H groups in total. The molecule has 0 amide bonds. The zero-order chi connectivity index (χ0) is 11.7. The van der Waals surface area contributed by atoms with Crippen molar-refractivity contribution in [1.29, 1.82) is 10.9 Å². The van der Waals surface area contributed by atoms with Crippen molar-refractivity contribution in [3.05, 3.63) is 23.7 Å². The standard InChI is InChI=1S/C9H16IN5/c1-3-8(15-12)6-14-5-7(4-13-2)9(10)11/h4,6,11-14H,3,5H2,1-2H3/b7-4-,8-6-,11-9?,15-12?. The second-order valence-corrected chi connectivity index (χ2v) is 3.83. The fourth-order valence-corrected chi connectivity index (χ4v) is 1.20. The third kappa shape index (κ3) is 6.21. The van der Waals surface area contributed by atoms with Crippen molar-refractivity contribution in [2.24, 2.45) is 5.11 Å². The van der Waals surface area contributed by atoms with Gasteiger partial charge in [0.25, 0.3) is 0 Å². The van der Waals surface area contributed by atoms with E-state index in [1.54, 1.807) is 19.4 Å². The van der Waals surface area contributed by atoms with Crippen LogP contribution in [0.3, 0.4) is 0 Å². The number of hydrogen-bond acceptors (Lipinski definition) is 5. The van der Waals surface area contributed by atoms with E-state index in [0.717, 1.165) is 12.0 Å². The van der Waals surface area contributed by atoms with Gasteiger partial charge in [0.1, 0.15) is 0 Å². The lowest BCUT2D eigenvalue weighted by Gasteiger charge is -2.05. The van der Waals surface area contributed by atoms with Gasteiger partial charge in [0.05, 0.1) is 9.42 Å². The Hall–Kier alpha value is -0.920. The average Bonchev–Trinajstić information content (AvgIpc) is 2.22. The summed E-state index contributed by atoms with van der Waals surface area (Å²) in [7, 11) is 1.80. The fourth-order valence-electron chi connectivity index (χ4n) is 0.858. The highest BCUT2D eigenvalue weighted by Crippen LogP contribution is 2.03. The lowest BCUT2D eigenvalue weighted by molar-refractivity contribution is 0.884. The summed E-state index contributed by atoms with van der Waals surface area (Å²) >= 11 is 1.96. The highest BCUT2D eigenvalue weighted by Gasteiger charge is 1.99. The average molecular weight is 321 g/mol. The Labute approximate surface area is 104 Å². The Bertz CT molecular complexity index is 282. The van der Waals surface area contributed by atoms with Gasteiger partial charge in [0.2, 0.25) is 0 Å². The lowest BCUT2D eigenvalue weighted by atomic mass is 10.3. The van der Waals surface area contributed by atoms with Crippen molar-refractivity contribution >= 4 is 26.3 Å². The highest BCUT2D eigenvalue weighted by atomic mass is 127. The molecule has 0 aromatic rings. The molecule has 15 heavy (non-hydrogen) atoms. The Balaban J connectivity index is 4.23. The molecule has 0 rings (SSSR count). The van der Waals surface area contributed by atoms with Crippen LogP contribution in [0.1, 0.15) is 13.3 Å². The minimum absolute atomic E-state index is 0.490. The van der Waals surface area contributed by atoms with E-state index in [1.807, 2.05) is 29.5 Å². The van der Waals surface area contributed by atoms with E-state index in [-0.39, 0.29) is 0 Å². The molecule has 0 saturated heterocycles. The van der Waals surface area contributed by atoms with Crippen LogP contribution in [-0.2, 0) is 0 Å². The first-order valence-corrected chi connectivity index (χ1v) is 5.64. The monoisotopic (exact) mass is 321 g/mol. The van der Waals surface area contributed by atoms with Crippen molar-refractivity contribution in [1.82, 2.24) is 10.6 Å². The molecule has 84 valence electrons. The van der Waals surface area contributed by atoms with Crippen molar-refractivity contribution in [2.75, 3.05) is 13.6 Å². The van der Waals surface area contributed by atoms with Crippen LogP contribution in [0.5, 0.6) is 0 Å². The van der Waals surface area contributed by atoms with Crippen molar-refractivity contribution in [3.8, 4) is 0 Å². The molecule has 0 spiro atoms. The summed E-state index contributed by atoms with van der Waals surface area (Å²) in [5, 5.41) is 16.8. The van der Waals surface area contributed by atoms with Gasteiger partial charge in [0.15, 0.2) is 0 Å². The van der Waals surface area contributed by atoms with Crippen LogP contribution in [0, 0.1) is 10.9 Å². The van der Waals surface area contributed by atoms with E-state index in [0.29, 0.717) is 16.0 Å². The summed E-state index contributed by atoms with van der Waals surface area (Å²) in [5.41, 5.74) is 8.42. The van der Waals surface area contributed by atoms with Gasteiger partial charge in [0, 0.05) is 31.6 Å². The summed E-state index contributed by atoms with van der Waals surface area (Å²) in [6, 6.07) is 0. The molecule has 0 bridgehead atoms. The fraction of sp³-hybridized carbons (Fsp3) is 0.444. The van der Waals surface area contributed by atoms with Gasteiger partial charge in [-0.05, 0) is 29.0 Å². The largest absolute Gasteiger partial charge is 0.394 e. The molecule has 0 atom stereocenters. The van der Waals surface area contributed by atoms with Crippen LogP contribution in [0.2, 0.25) is 0 Å². The second kappa shape index (κ2) is 8.39. The van der Waals surface area contributed by atoms with Crippen molar-refractivity contribution < 1.29 is 0 Å². The summed E-state index contributed by atoms with van der Waals surface area (Å²) < 4.78 is 0.490.